The Balaban J connectivity index is 2.16. The summed E-state index contributed by atoms with van der Waals surface area (Å²) in [5.74, 6) is 0. The summed E-state index contributed by atoms with van der Waals surface area (Å²) in [6.45, 7) is 0. The molecule has 3 rings (SSSR count). The van der Waals surface area contributed by atoms with Gasteiger partial charge in [-0.25, -0.2) is 0 Å². The molecular formula is C14H9Cl2N. The van der Waals surface area contributed by atoms with Gasteiger partial charge in [0.1, 0.15) is 0 Å². The molecule has 0 aliphatic carbocycles. The number of hydrogen-bond donors (Lipinski definition) is 1. The Morgan fingerprint density at radius 3 is 2.35 bits per heavy atom. The second kappa shape index (κ2) is 4.10. The molecule has 1 nitrogen and oxygen atoms in total. The van der Waals surface area contributed by atoms with Crippen LogP contribution >= 0.6 is 23.2 Å². The molecule has 17 heavy (non-hydrogen) atoms. The van der Waals surface area contributed by atoms with Crippen molar-refractivity contribution in [1.29, 1.82) is 0 Å². The smallest absolute Gasteiger partial charge is 0.0598 e. The fourth-order valence-electron chi connectivity index (χ4n) is 1.91. The van der Waals surface area contributed by atoms with Crippen molar-refractivity contribution in [3.8, 4) is 11.1 Å². The average molecular weight is 262 g/mol. The van der Waals surface area contributed by atoms with Gasteiger partial charge in [-0.2, -0.15) is 0 Å². The minimum atomic E-state index is 0.582. The predicted octanol–water partition coefficient (Wildman–Crippen LogP) is 5.14. The van der Waals surface area contributed by atoms with Crippen LogP contribution in [0.4, 0.5) is 0 Å². The van der Waals surface area contributed by atoms with E-state index in [-0.39, 0.29) is 0 Å². The van der Waals surface area contributed by atoms with E-state index in [0.29, 0.717) is 10.0 Å². The molecular weight excluding hydrogens is 253 g/mol. The van der Waals surface area contributed by atoms with Gasteiger partial charge in [0.25, 0.3) is 0 Å². The Labute approximate surface area is 109 Å². The molecule has 0 unspecified atom stereocenters. The van der Waals surface area contributed by atoms with E-state index in [1.165, 1.54) is 5.39 Å². The molecule has 0 aliphatic heterocycles. The van der Waals surface area contributed by atoms with Crippen molar-refractivity contribution in [1.82, 2.24) is 4.98 Å². The minimum absolute atomic E-state index is 0.582. The minimum Gasteiger partial charge on any atom is -0.361 e. The summed E-state index contributed by atoms with van der Waals surface area (Å²) in [7, 11) is 0. The maximum atomic E-state index is 6.02. The average Bonchev–Trinajstić information content (AvgIpc) is 2.79. The van der Waals surface area contributed by atoms with E-state index in [1.54, 1.807) is 0 Å². The first-order chi connectivity index (χ1) is 8.24. The van der Waals surface area contributed by atoms with E-state index in [1.807, 2.05) is 24.4 Å². The molecule has 0 aliphatic rings. The number of benzene rings is 2. The van der Waals surface area contributed by atoms with Crippen LogP contribution in [-0.4, -0.2) is 4.98 Å². The van der Waals surface area contributed by atoms with Gasteiger partial charge in [-0.15, -0.1) is 0 Å². The maximum Gasteiger partial charge on any atom is 0.0598 e. The van der Waals surface area contributed by atoms with E-state index in [2.05, 4.69) is 29.2 Å². The molecule has 3 heteroatoms. The van der Waals surface area contributed by atoms with E-state index in [9.17, 15) is 0 Å². The summed E-state index contributed by atoms with van der Waals surface area (Å²) in [5, 5.41) is 2.35. The van der Waals surface area contributed by atoms with E-state index < -0.39 is 0 Å². The van der Waals surface area contributed by atoms with Gasteiger partial charge in [-0.05, 0) is 46.8 Å². The van der Waals surface area contributed by atoms with Crippen molar-refractivity contribution in [2.75, 3.05) is 0 Å². The third-order valence-corrected chi connectivity index (χ3v) is 3.55. The number of aromatic nitrogens is 1. The Morgan fingerprint density at radius 2 is 1.53 bits per heavy atom. The Kier molecular flexibility index (Phi) is 2.58. The summed E-state index contributed by atoms with van der Waals surface area (Å²) in [6, 6.07) is 14.0. The lowest BCUT2D eigenvalue weighted by molar-refractivity contribution is 1.48. The number of halogens is 2. The summed E-state index contributed by atoms with van der Waals surface area (Å²) in [5.41, 5.74) is 3.34. The normalized spacial score (nSPS) is 10.9. The van der Waals surface area contributed by atoms with Gasteiger partial charge < -0.3 is 4.98 Å². The molecule has 2 aromatic carbocycles. The van der Waals surface area contributed by atoms with Gasteiger partial charge in [0, 0.05) is 11.7 Å². The maximum absolute atomic E-state index is 6.02. The molecule has 1 aromatic heterocycles. The van der Waals surface area contributed by atoms with E-state index in [4.69, 9.17) is 23.2 Å². The summed E-state index contributed by atoms with van der Waals surface area (Å²) >= 11 is 11.9. The molecule has 0 bridgehead atoms. The fourth-order valence-corrected chi connectivity index (χ4v) is 2.21. The Bertz CT molecular complexity index is 686. The van der Waals surface area contributed by atoms with Gasteiger partial charge in [0.05, 0.1) is 10.0 Å². The monoisotopic (exact) mass is 261 g/mol. The summed E-state index contributed by atoms with van der Waals surface area (Å²) < 4.78 is 0. The van der Waals surface area contributed by atoms with Gasteiger partial charge in [-0.1, -0.05) is 35.3 Å². The number of rotatable bonds is 1. The van der Waals surface area contributed by atoms with Gasteiger partial charge in [0.15, 0.2) is 0 Å². The largest absolute Gasteiger partial charge is 0.361 e. The number of aromatic amines is 1. The molecule has 0 saturated carbocycles. The van der Waals surface area contributed by atoms with Crippen molar-refractivity contribution in [3.63, 3.8) is 0 Å². The van der Waals surface area contributed by atoms with Crippen molar-refractivity contribution in [3.05, 3.63) is 58.7 Å². The molecule has 1 heterocycles. The number of H-pyrrole nitrogens is 1. The third-order valence-electron chi connectivity index (χ3n) is 2.81. The van der Waals surface area contributed by atoms with Gasteiger partial charge in [-0.3, -0.25) is 0 Å². The van der Waals surface area contributed by atoms with E-state index in [0.717, 1.165) is 16.6 Å². The fraction of sp³-hybridized carbons (Fsp3) is 0. The van der Waals surface area contributed by atoms with Crippen LogP contribution in [0, 0.1) is 0 Å². The van der Waals surface area contributed by atoms with Crippen LogP contribution in [0.5, 0.6) is 0 Å². The molecule has 0 fully saturated rings. The molecule has 3 aromatic rings. The number of hydrogen-bond acceptors (Lipinski definition) is 0. The zero-order valence-electron chi connectivity index (χ0n) is 8.87. The highest BCUT2D eigenvalue weighted by atomic mass is 35.5. The van der Waals surface area contributed by atoms with Crippen molar-refractivity contribution in [2.45, 2.75) is 0 Å². The van der Waals surface area contributed by atoms with Crippen LogP contribution in [0.15, 0.2) is 48.7 Å². The van der Waals surface area contributed by atoms with Crippen LogP contribution in [-0.2, 0) is 0 Å². The van der Waals surface area contributed by atoms with Crippen molar-refractivity contribution < 1.29 is 0 Å². The topological polar surface area (TPSA) is 15.8 Å². The molecule has 0 radical (unpaired) electrons. The van der Waals surface area contributed by atoms with Crippen LogP contribution in [0.2, 0.25) is 10.0 Å². The van der Waals surface area contributed by atoms with Crippen LogP contribution in [0.25, 0.3) is 22.0 Å². The lowest BCUT2D eigenvalue weighted by Gasteiger charge is -2.04. The summed E-state index contributed by atoms with van der Waals surface area (Å²) in [6.07, 6.45) is 1.93. The predicted molar refractivity (Wildman–Crippen MR) is 73.8 cm³/mol. The molecule has 84 valence electrons. The lowest BCUT2D eigenvalue weighted by atomic mass is 10.0. The zero-order chi connectivity index (χ0) is 11.8. The van der Waals surface area contributed by atoms with Crippen LogP contribution in [0.1, 0.15) is 0 Å². The molecule has 0 atom stereocenters. The van der Waals surface area contributed by atoms with Crippen LogP contribution < -0.4 is 0 Å². The second-order valence-corrected chi connectivity index (χ2v) is 4.72. The van der Waals surface area contributed by atoms with Gasteiger partial charge in [0.2, 0.25) is 0 Å². The van der Waals surface area contributed by atoms with Gasteiger partial charge >= 0.3 is 0 Å². The molecule has 1 N–H and O–H groups in total. The summed E-state index contributed by atoms with van der Waals surface area (Å²) in [4.78, 5) is 3.17. The first-order valence-electron chi connectivity index (χ1n) is 5.26. The molecule has 0 amide bonds. The zero-order valence-corrected chi connectivity index (χ0v) is 10.4. The number of fused-ring (bicyclic) bond motifs is 1. The SMILES string of the molecule is Clc1ccc(-c2ccc3[nH]ccc3c2)cc1Cl. The lowest BCUT2D eigenvalue weighted by Crippen LogP contribution is -1.78. The highest BCUT2D eigenvalue weighted by molar-refractivity contribution is 6.42. The first-order valence-corrected chi connectivity index (χ1v) is 6.02. The third kappa shape index (κ3) is 1.92. The first kappa shape index (κ1) is 10.7. The second-order valence-electron chi connectivity index (χ2n) is 3.91. The van der Waals surface area contributed by atoms with Crippen molar-refractivity contribution >= 4 is 34.1 Å². The van der Waals surface area contributed by atoms with Crippen molar-refractivity contribution in [2.24, 2.45) is 0 Å². The number of nitrogens with one attached hydrogen (secondary N) is 1. The Morgan fingerprint density at radius 1 is 0.765 bits per heavy atom. The van der Waals surface area contributed by atoms with Crippen LogP contribution in [0.3, 0.4) is 0 Å². The van der Waals surface area contributed by atoms with E-state index >= 15 is 0 Å². The Hall–Kier alpha value is -1.44. The standard InChI is InChI=1S/C14H9Cl2N/c15-12-3-1-10(8-13(12)16)9-2-4-14-11(7-9)5-6-17-14/h1-8,17H. The highest BCUT2D eigenvalue weighted by Gasteiger charge is 2.03. The molecule has 0 saturated heterocycles. The highest BCUT2D eigenvalue weighted by Crippen LogP contribution is 2.29. The quantitative estimate of drug-likeness (QED) is 0.624. The molecule has 0 spiro atoms.